The second kappa shape index (κ2) is 5.75. The number of nitrogens with one attached hydrogen (secondary N) is 2. The first-order valence-electron chi connectivity index (χ1n) is 4.79. The van der Waals surface area contributed by atoms with Gasteiger partial charge in [-0.15, -0.1) is 0 Å². The Morgan fingerprint density at radius 1 is 1.47 bits per heavy atom. The van der Waals surface area contributed by atoms with Crippen molar-refractivity contribution in [3.63, 3.8) is 0 Å². The third-order valence-corrected chi connectivity index (χ3v) is 3.35. The summed E-state index contributed by atoms with van der Waals surface area (Å²) in [7, 11) is -1.89. The van der Waals surface area contributed by atoms with E-state index in [1.54, 1.807) is 0 Å². The molecule has 0 saturated carbocycles. The van der Waals surface area contributed by atoms with E-state index in [4.69, 9.17) is 4.42 Å². The van der Waals surface area contributed by atoms with Crippen LogP contribution >= 0.6 is 0 Å². The maximum Gasteiger partial charge on any atom is 0.433 e. The molecule has 0 bridgehead atoms. The lowest BCUT2D eigenvalue weighted by Gasteiger charge is -2.02. The van der Waals surface area contributed by atoms with Crippen molar-refractivity contribution in [3.8, 4) is 0 Å². The number of sulfonamides is 1. The van der Waals surface area contributed by atoms with Crippen LogP contribution < -0.4 is 10.0 Å². The third kappa shape index (κ3) is 4.51. The second-order valence-electron chi connectivity index (χ2n) is 3.20. The molecule has 0 spiro atoms. The minimum absolute atomic E-state index is 0.0632. The Morgan fingerprint density at radius 3 is 2.71 bits per heavy atom. The number of nitro groups is 1. The standard InChI is InChI=1S/C8H13N3O5S/c1-9-17(14,15)5-4-10-6-7-2-3-8(16-7)11(12)13/h2-3,9-10H,4-6H2,1H3. The zero-order chi connectivity index (χ0) is 12.9. The summed E-state index contributed by atoms with van der Waals surface area (Å²) >= 11 is 0. The van der Waals surface area contributed by atoms with Gasteiger partial charge in [0.15, 0.2) is 0 Å². The highest BCUT2D eigenvalue weighted by Gasteiger charge is 2.11. The average Bonchev–Trinajstić information content (AvgIpc) is 2.73. The molecule has 0 aliphatic carbocycles. The summed E-state index contributed by atoms with van der Waals surface area (Å²) in [5, 5.41) is 13.1. The van der Waals surface area contributed by atoms with Crippen molar-refractivity contribution in [3.05, 3.63) is 28.0 Å². The molecule has 0 radical (unpaired) electrons. The van der Waals surface area contributed by atoms with Crippen molar-refractivity contribution in [1.29, 1.82) is 0 Å². The van der Waals surface area contributed by atoms with Gasteiger partial charge in [0.2, 0.25) is 10.0 Å². The number of hydrogen-bond acceptors (Lipinski definition) is 6. The smallest absolute Gasteiger partial charge is 0.404 e. The summed E-state index contributed by atoms with van der Waals surface area (Å²) < 4.78 is 29.1. The summed E-state index contributed by atoms with van der Waals surface area (Å²) in [6.45, 7) is 0.477. The molecule has 96 valence electrons. The van der Waals surface area contributed by atoms with Crippen molar-refractivity contribution in [2.24, 2.45) is 0 Å². The SMILES string of the molecule is CNS(=O)(=O)CCNCc1ccc([N+](=O)[O-])o1. The molecule has 9 heteroatoms. The van der Waals surface area contributed by atoms with Gasteiger partial charge in [0, 0.05) is 6.54 Å². The molecule has 0 unspecified atom stereocenters. The highest BCUT2D eigenvalue weighted by atomic mass is 32.2. The molecule has 0 amide bonds. The predicted molar refractivity (Wildman–Crippen MR) is 59.9 cm³/mol. The van der Waals surface area contributed by atoms with E-state index in [0.717, 1.165) is 0 Å². The fourth-order valence-electron chi connectivity index (χ4n) is 1.08. The molecule has 8 nitrogen and oxygen atoms in total. The van der Waals surface area contributed by atoms with E-state index >= 15 is 0 Å². The molecule has 0 aliphatic rings. The predicted octanol–water partition coefficient (Wildman–Crippen LogP) is -0.173. The maximum atomic E-state index is 11.0. The Hall–Kier alpha value is -1.45. The van der Waals surface area contributed by atoms with E-state index in [1.165, 1.54) is 19.2 Å². The van der Waals surface area contributed by atoms with Gasteiger partial charge >= 0.3 is 5.88 Å². The van der Waals surface area contributed by atoms with E-state index in [2.05, 4.69) is 10.0 Å². The molecule has 1 aromatic heterocycles. The lowest BCUT2D eigenvalue weighted by atomic mass is 10.4. The molecular formula is C8H13N3O5S. The minimum Gasteiger partial charge on any atom is -0.404 e. The van der Waals surface area contributed by atoms with E-state index in [0.29, 0.717) is 5.76 Å². The van der Waals surface area contributed by atoms with Gasteiger partial charge in [0.25, 0.3) is 0 Å². The van der Waals surface area contributed by atoms with Crippen molar-refractivity contribution < 1.29 is 17.8 Å². The van der Waals surface area contributed by atoms with Gasteiger partial charge in [0.1, 0.15) is 10.7 Å². The Kier molecular flexibility index (Phi) is 4.61. The summed E-state index contributed by atoms with van der Waals surface area (Å²) in [5.74, 6) is -0.00467. The summed E-state index contributed by atoms with van der Waals surface area (Å²) in [4.78, 5) is 9.69. The van der Waals surface area contributed by atoms with E-state index in [1.807, 2.05) is 0 Å². The fourth-order valence-corrected chi connectivity index (χ4v) is 1.70. The van der Waals surface area contributed by atoms with E-state index in [9.17, 15) is 18.5 Å². The van der Waals surface area contributed by atoms with Crippen LogP contribution in [0.4, 0.5) is 5.88 Å². The molecule has 2 N–H and O–H groups in total. The zero-order valence-corrected chi connectivity index (χ0v) is 9.99. The fraction of sp³-hybridized carbons (Fsp3) is 0.500. The number of hydrogen-bond donors (Lipinski definition) is 2. The van der Waals surface area contributed by atoms with Crippen LogP contribution in [0.2, 0.25) is 0 Å². The van der Waals surface area contributed by atoms with E-state index in [-0.39, 0.29) is 24.7 Å². The normalized spacial score (nSPS) is 11.6. The van der Waals surface area contributed by atoms with Gasteiger partial charge in [0.05, 0.1) is 18.4 Å². The average molecular weight is 263 g/mol. The van der Waals surface area contributed by atoms with Crippen molar-refractivity contribution in [2.75, 3.05) is 19.3 Å². The summed E-state index contributed by atoms with van der Waals surface area (Å²) in [5.41, 5.74) is 0. The van der Waals surface area contributed by atoms with Crippen molar-refractivity contribution in [2.45, 2.75) is 6.54 Å². The lowest BCUT2D eigenvalue weighted by Crippen LogP contribution is -2.29. The number of rotatable bonds is 7. The highest BCUT2D eigenvalue weighted by Crippen LogP contribution is 2.14. The van der Waals surface area contributed by atoms with Crippen LogP contribution in [0, 0.1) is 10.1 Å². The summed E-state index contributed by atoms with van der Waals surface area (Å²) in [6.07, 6.45) is 0. The first kappa shape index (κ1) is 13.6. The topological polar surface area (TPSA) is 114 Å². The summed E-state index contributed by atoms with van der Waals surface area (Å²) in [6, 6.07) is 2.72. The van der Waals surface area contributed by atoms with Crippen LogP contribution in [0.1, 0.15) is 5.76 Å². The molecule has 0 atom stereocenters. The Bertz CT molecular complexity index is 481. The molecule has 17 heavy (non-hydrogen) atoms. The number of furan rings is 1. The monoisotopic (exact) mass is 263 g/mol. The molecule has 1 aromatic rings. The van der Waals surface area contributed by atoms with Crippen LogP contribution in [-0.2, 0) is 16.6 Å². The van der Waals surface area contributed by atoms with Crippen molar-refractivity contribution >= 4 is 15.9 Å². The first-order valence-corrected chi connectivity index (χ1v) is 6.45. The second-order valence-corrected chi connectivity index (χ2v) is 5.24. The molecule has 0 aliphatic heterocycles. The van der Waals surface area contributed by atoms with Crippen LogP contribution in [0.15, 0.2) is 16.5 Å². The zero-order valence-electron chi connectivity index (χ0n) is 9.17. The quantitative estimate of drug-likeness (QED) is 0.401. The molecule has 0 saturated heterocycles. The van der Waals surface area contributed by atoms with Gasteiger partial charge in [-0.2, -0.15) is 0 Å². The van der Waals surface area contributed by atoms with Gasteiger partial charge in [-0.05, 0) is 13.1 Å². The largest absolute Gasteiger partial charge is 0.433 e. The number of nitrogens with zero attached hydrogens (tertiary/aromatic N) is 1. The van der Waals surface area contributed by atoms with Crippen molar-refractivity contribution in [1.82, 2.24) is 10.0 Å². The maximum absolute atomic E-state index is 11.0. The highest BCUT2D eigenvalue weighted by molar-refractivity contribution is 7.89. The van der Waals surface area contributed by atoms with Gasteiger partial charge in [-0.25, -0.2) is 13.1 Å². The van der Waals surface area contributed by atoms with Crippen LogP contribution in [0.3, 0.4) is 0 Å². The minimum atomic E-state index is -3.23. The Morgan fingerprint density at radius 2 is 2.18 bits per heavy atom. The third-order valence-electron chi connectivity index (χ3n) is 1.99. The molecule has 1 heterocycles. The van der Waals surface area contributed by atoms with E-state index < -0.39 is 14.9 Å². The first-order chi connectivity index (χ1) is 7.94. The molecular weight excluding hydrogens is 250 g/mol. The van der Waals surface area contributed by atoms with Gasteiger partial charge in [-0.1, -0.05) is 0 Å². The van der Waals surface area contributed by atoms with Gasteiger partial charge < -0.3 is 9.73 Å². The molecule has 0 aromatic carbocycles. The van der Waals surface area contributed by atoms with Gasteiger partial charge in [-0.3, -0.25) is 10.1 Å². The Labute approximate surface area is 98.2 Å². The van der Waals surface area contributed by atoms with Crippen LogP contribution in [0.25, 0.3) is 0 Å². The van der Waals surface area contributed by atoms with Crippen LogP contribution in [0.5, 0.6) is 0 Å². The molecule has 0 fully saturated rings. The lowest BCUT2D eigenvalue weighted by molar-refractivity contribution is -0.402. The van der Waals surface area contributed by atoms with Crippen LogP contribution in [-0.4, -0.2) is 32.7 Å². The molecule has 1 rings (SSSR count). The Balaban J connectivity index is 2.34.